The van der Waals surface area contributed by atoms with E-state index in [2.05, 4.69) is 9.97 Å². The molecule has 2 N–H and O–H groups in total. The number of nitrogens with zero attached hydrogens (tertiary/aromatic N) is 3. The maximum Gasteiger partial charge on any atom is 0.340 e. The summed E-state index contributed by atoms with van der Waals surface area (Å²) in [6.45, 7) is 4.24. The Balaban J connectivity index is 1.49. The molecule has 0 radical (unpaired) electrons. The average Bonchev–Trinajstić information content (AvgIpc) is 3.79. The molecule has 3 aromatic rings. The second kappa shape index (κ2) is 10.7. The summed E-state index contributed by atoms with van der Waals surface area (Å²) in [4.78, 5) is 58.8. The summed E-state index contributed by atoms with van der Waals surface area (Å²) < 4.78 is 5.43. The first-order chi connectivity index (χ1) is 20.9. The van der Waals surface area contributed by atoms with Crippen LogP contribution in [-0.2, 0) is 41.8 Å². The van der Waals surface area contributed by atoms with Crippen molar-refractivity contribution in [1.29, 1.82) is 0 Å². The van der Waals surface area contributed by atoms with Gasteiger partial charge >= 0.3 is 5.97 Å². The molecule has 43 heavy (non-hydrogen) atoms. The van der Waals surface area contributed by atoms with Crippen LogP contribution in [0, 0.1) is 0 Å². The number of rotatable bonds is 5. The van der Waals surface area contributed by atoms with Gasteiger partial charge in [-0.2, -0.15) is 0 Å². The largest absolute Gasteiger partial charge is 0.462 e. The van der Waals surface area contributed by atoms with Gasteiger partial charge in [-0.05, 0) is 74.4 Å². The summed E-state index contributed by atoms with van der Waals surface area (Å²) in [5.41, 5.74) is 8.85. The molecule has 8 bridgehead atoms. The van der Waals surface area contributed by atoms with Gasteiger partial charge in [0.15, 0.2) is 0 Å². The van der Waals surface area contributed by atoms with Gasteiger partial charge in [0.25, 0.3) is 11.8 Å². The normalized spacial score (nSPS) is 15.2. The summed E-state index contributed by atoms with van der Waals surface area (Å²) in [5, 5.41) is 0. The third-order valence-corrected chi connectivity index (χ3v) is 8.26. The number of aryl methyl sites for hydroxylation is 4. The number of allylic oxidation sites excluding steroid dienone is 1. The van der Waals surface area contributed by atoms with Crippen molar-refractivity contribution in [2.24, 2.45) is 0 Å². The van der Waals surface area contributed by atoms with Crippen molar-refractivity contribution >= 4 is 40.0 Å². The minimum absolute atomic E-state index is 0.172. The van der Waals surface area contributed by atoms with Gasteiger partial charge in [0, 0.05) is 22.6 Å². The first-order valence-corrected chi connectivity index (χ1v) is 14.8. The first-order valence-electron chi connectivity index (χ1n) is 14.8. The number of hydrogen-bond donors (Lipinski definition) is 2. The van der Waals surface area contributed by atoms with E-state index in [0.717, 1.165) is 46.6 Å². The van der Waals surface area contributed by atoms with E-state index in [1.165, 1.54) is 4.90 Å². The fourth-order valence-electron chi connectivity index (χ4n) is 6.27. The van der Waals surface area contributed by atoms with Crippen LogP contribution < -0.4 is 0 Å². The number of amides is 2. The predicted octanol–water partition coefficient (Wildman–Crippen LogP) is 5.29. The number of H-pyrrole nitrogens is 2. The second-order valence-electron chi connectivity index (χ2n) is 11.0. The Morgan fingerprint density at radius 1 is 0.884 bits per heavy atom. The number of aromatic amines is 2. The Bertz CT molecular complexity index is 1920. The van der Waals surface area contributed by atoms with E-state index in [-0.39, 0.29) is 30.9 Å². The Morgan fingerprint density at radius 2 is 1.67 bits per heavy atom. The fourth-order valence-corrected chi connectivity index (χ4v) is 6.27. The lowest BCUT2D eigenvalue weighted by Crippen LogP contribution is -2.39. The smallest absolute Gasteiger partial charge is 0.340 e. The van der Waals surface area contributed by atoms with Gasteiger partial charge in [-0.1, -0.05) is 37.3 Å². The van der Waals surface area contributed by atoms with Gasteiger partial charge in [-0.25, -0.2) is 9.78 Å². The third kappa shape index (κ3) is 4.70. The summed E-state index contributed by atoms with van der Waals surface area (Å²) in [6, 6.07) is 17.2. The molecular weight excluding hydrogens is 542 g/mol. The van der Waals surface area contributed by atoms with Crippen molar-refractivity contribution in [3.63, 3.8) is 0 Å². The standard InChI is InChI=1S/C34H31N5O4/c1-3-24-27-16-22-12-13-26(36-22)30-31-25(32(40)39(33(30)41)18-19-8-6-5-7-9-19)15-23(37-31)14-20-10-11-21(35-20)17-28(38-27)29(24)34(42)43-4-2/h5-9,14-17,35,37H,3-4,10-13,18H2,1-2H3. The van der Waals surface area contributed by atoms with E-state index in [1.807, 2.05) is 61.5 Å². The Hall–Kier alpha value is -5.05. The Kier molecular flexibility index (Phi) is 6.65. The molecule has 0 spiro atoms. The molecule has 4 aliphatic rings. The highest BCUT2D eigenvalue weighted by Crippen LogP contribution is 2.35. The minimum Gasteiger partial charge on any atom is -0.462 e. The van der Waals surface area contributed by atoms with Crippen molar-refractivity contribution in [3.05, 3.63) is 105 Å². The number of ether oxygens (including phenoxy) is 1. The predicted molar refractivity (Wildman–Crippen MR) is 162 cm³/mol. The van der Waals surface area contributed by atoms with Gasteiger partial charge in [0.05, 0.1) is 52.5 Å². The van der Waals surface area contributed by atoms with Crippen molar-refractivity contribution in [1.82, 2.24) is 24.8 Å². The molecule has 6 heterocycles. The van der Waals surface area contributed by atoms with Crippen LogP contribution in [0.1, 0.15) is 80.7 Å². The molecule has 0 aliphatic carbocycles. The summed E-state index contributed by atoms with van der Waals surface area (Å²) in [5.74, 6) is -1.07. The van der Waals surface area contributed by atoms with Gasteiger partial charge in [-0.3, -0.25) is 19.5 Å². The lowest BCUT2D eigenvalue weighted by Gasteiger charge is -2.25. The van der Waals surface area contributed by atoms with Crippen LogP contribution in [0.3, 0.4) is 0 Å². The fraction of sp³-hybridized carbons (Fsp3) is 0.265. The molecule has 0 fully saturated rings. The van der Waals surface area contributed by atoms with Gasteiger partial charge in [0.1, 0.15) is 0 Å². The number of fused-ring (bicyclic) bond motifs is 8. The topological polar surface area (TPSA) is 121 Å². The molecule has 2 aromatic heterocycles. The van der Waals surface area contributed by atoms with Gasteiger partial charge < -0.3 is 14.7 Å². The van der Waals surface area contributed by atoms with Crippen LogP contribution in [0.5, 0.6) is 0 Å². The van der Waals surface area contributed by atoms with Crippen LogP contribution >= 0.6 is 0 Å². The van der Waals surface area contributed by atoms with Crippen LogP contribution in [0.4, 0.5) is 0 Å². The molecule has 216 valence electrons. The first kappa shape index (κ1) is 26.8. The zero-order chi connectivity index (χ0) is 29.7. The lowest BCUT2D eigenvalue weighted by atomic mass is 10.0. The number of aromatic nitrogens is 4. The number of benzene rings is 1. The molecule has 4 aliphatic heterocycles. The molecule has 0 saturated heterocycles. The number of esters is 1. The molecule has 0 saturated carbocycles. The van der Waals surface area contributed by atoms with Crippen molar-refractivity contribution < 1.29 is 19.1 Å². The van der Waals surface area contributed by atoms with Crippen LogP contribution in [0.25, 0.3) is 22.2 Å². The monoisotopic (exact) mass is 573 g/mol. The van der Waals surface area contributed by atoms with E-state index in [4.69, 9.17) is 14.7 Å². The number of hydrogen-bond acceptors (Lipinski definition) is 6. The van der Waals surface area contributed by atoms with Crippen LogP contribution in [0.15, 0.2) is 54.6 Å². The molecule has 9 heteroatoms. The third-order valence-electron chi connectivity index (χ3n) is 8.26. The summed E-state index contributed by atoms with van der Waals surface area (Å²) >= 11 is 0. The van der Waals surface area contributed by atoms with Crippen molar-refractivity contribution in [2.75, 3.05) is 6.61 Å². The molecule has 0 atom stereocenters. The number of carbonyl (C=O) groups excluding carboxylic acids is 3. The zero-order valence-electron chi connectivity index (χ0n) is 24.1. The van der Waals surface area contributed by atoms with Crippen LogP contribution in [-0.4, -0.2) is 49.2 Å². The lowest BCUT2D eigenvalue weighted by molar-refractivity contribution is -0.136. The molecule has 0 unspecified atom stereocenters. The Morgan fingerprint density at radius 3 is 2.44 bits per heavy atom. The SMILES string of the molecule is CCOC(=O)C1=C(CC)c2cc3nc(c4c5[nH]c(cc6[nH]c(cc1n2)CC6)cc5C(=O)N(Cc1ccccc1)C4=O)CC3. The highest BCUT2D eigenvalue weighted by Gasteiger charge is 2.36. The summed E-state index contributed by atoms with van der Waals surface area (Å²) in [6.07, 6.45) is 3.24. The average molecular weight is 574 g/mol. The van der Waals surface area contributed by atoms with Gasteiger partial charge in [-0.15, -0.1) is 0 Å². The minimum atomic E-state index is -0.386. The van der Waals surface area contributed by atoms with Crippen molar-refractivity contribution in [2.45, 2.75) is 52.5 Å². The highest BCUT2D eigenvalue weighted by atomic mass is 16.5. The van der Waals surface area contributed by atoms with Crippen molar-refractivity contribution in [3.8, 4) is 0 Å². The van der Waals surface area contributed by atoms with E-state index in [9.17, 15) is 14.4 Å². The highest BCUT2D eigenvalue weighted by molar-refractivity contribution is 6.25. The summed E-state index contributed by atoms with van der Waals surface area (Å²) in [7, 11) is 0. The van der Waals surface area contributed by atoms with E-state index in [1.54, 1.807) is 6.92 Å². The van der Waals surface area contributed by atoms with Crippen LogP contribution in [0.2, 0.25) is 0 Å². The van der Waals surface area contributed by atoms with E-state index in [0.29, 0.717) is 58.6 Å². The molecule has 7 rings (SSSR count). The maximum atomic E-state index is 14.0. The van der Waals surface area contributed by atoms with Gasteiger partial charge in [0.2, 0.25) is 0 Å². The quantitative estimate of drug-likeness (QED) is 0.316. The maximum absolute atomic E-state index is 14.0. The molecule has 2 amide bonds. The number of carbonyl (C=O) groups is 3. The number of imide groups is 1. The second-order valence-corrected chi connectivity index (χ2v) is 11.0. The molecule has 9 nitrogen and oxygen atoms in total. The molecular formula is C34H31N5O4. The van der Waals surface area contributed by atoms with E-state index >= 15 is 0 Å². The molecule has 1 aromatic carbocycles. The zero-order valence-corrected chi connectivity index (χ0v) is 24.1. The van der Waals surface area contributed by atoms with E-state index < -0.39 is 0 Å². The number of nitrogens with one attached hydrogen (secondary N) is 2. The Labute approximate surface area is 248 Å².